The van der Waals surface area contributed by atoms with E-state index in [1.807, 2.05) is 50.2 Å². The Kier molecular flexibility index (Phi) is 5.32. The van der Waals surface area contributed by atoms with Gasteiger partial charge >= 0.3 is 0 Å². The highest BCUT2D eigenvalue weighted by molar-refractivity contribution is 7.21. The van der Waals surface area contributed by atoms with Crippen molar-refractivity contribution in [2.24, 2.45) is 0 Å². The fraction of sp³-hybridized carbons (Fsp3) is 0.125. The number of nitrogens with two attached hydrogens (primary N) is 2. The highest BCUT2D eigenvalue weighted by Crippen LogP contribution is 2.42. The van der Waals surface area contributed by atoms with Crippen molar-refractivity contribution in [3.63, 3.8) is 0 Å². The second-order valence-corrected chi connectivity index (χ2v) is 8.12. The molecule has 0 fully saturated rings. The number of hydrogen-bond acceptors (Lipinski definition) is 6. The molecule has 0 bridgehead atoms. The quantitative estimate of drug-likeness (QED) is 0.457. The number of benzene rings is 2. The van der Waals surface area contributed by atoms with Crippen LogP contribution in [0.25, 0.3) is 21.3 Å². The third kappa shape index (κ3) is 3.58. The van der Waals surface area contributed by atoms with E-state index in [-0.39, 0.29) is 17.2 Å². The first-order valence-corrected chi connectivity index (χ1v) is 10.6. The molecule has 0 aliphatic heterocycles. The van der Waals surface area contributed by atoms with E-state index < -0.39 is 0 Å². The third-order valence-electron chi connectivity index (χ3n) is 5.05. The minimum Gasteiger partial charge on any atom is -0.494 e. The Bertz CT molecular complexity index is 1330. The molecule has 5 N–H and O–H groups in total. The van der Waals surface area contributed by atoms with Gasteiger partial charge in [0.25, 0.3) is 5.82 Å². The van der Waals surface area contributed by atoms with Crippen LogP contribution in [0.5, 0.6) is 5.75 Å². The molecule has 2 heterocycles. The number of nitrogens with zero attached hydrogens (tertiary/aromatic N) is 1. The number of hydrogen-bond donors (Lipinski definition) is 2. The number of pyridine rings is 1. The van der Waals surface area contributed by atoms with E-state index in [1.54, 1.807) is 12.1 Å². The zero-order valence-electron chi connectivity index (χ0n) is 17.2. The predicted octanol–water partition coefficient (Wildman–Crippen LogP) is 4.36. The molecule has 4 aromatic rings. The average molecular weight is 430 g/mol. The molecular weight excluding hydrogens is 408 g/mol. The molecule has 0 amide bonds. The zero-order valence-corrected chi connectivity index (χ0v) is 18.0. The number of nitrogen functional groups attached to an aromatic ring is 2. The summed E-state index contributed by atoms with van der Waals surface area (Å²) in [6.07, 6.45) is 0. The van der Waals surface area contributed by atoms with Gasteiger partial charge < -0.3 is 10.5 Å². The normalized spacial score (nSPS) is 10.7. The van der Waals surface area contributed by atoms with Gasteiger partial charge in [0.1, 0.15) is 22.3 Å². The number of nitriles is 1. The van der Waals surface area contributed by atoms with Crippen LogP contribution in [0.4, 0.5) is 11.5 Å². The smallest absolute Gasteiger partial charge is 0.290 e. The maximum atomic E-state index is 13.2. The van der Waals surface area contributed by atoms with Gasteiger partial charge in [0.2, 0.25) is 5.78 Å². The van der Waals surface area contributed by atoms with Gasteiger partial charge in [0.15, 0.2) is 4.83 Å². The molecule has 2 aromatic heterocycles. The summed E-state index contributed by atoms with van der Waals surface area (Å²) in [6.45, 7) is 4.44. The first kappa shape index (κ1) is 20.4. The Morgan fingerprint density at radius 3 is 2.42 bits per heavy atom. The number of aryl methyl sites for hydroxylation is 1. The molecule has 0 saturated heterocycles. The van der Waals surface area contributed by atoms with Crippen LogP contribution in [0.3, 0.4) is 0 Å². The Morgan fingerprint density at radius 1 is 1.13 bits per heavy atom. The maximum absolute atomic E-state index is 13.2. The lowest BCUT2D eigenvalue weighted by molar-refractivity contribution is -0.323. The number of thiophene rings is 1. The largest absolute Gasteiger partial charge is 0.494 e. The van der Waals surface area contributed by atoms with Crippen molar-refractivity contribution < 1.29 is 14.5 Å². The molecular formula is C24H21N4O2S+. The third-order valence-corrected chi connectivity index (χ3v) is 6.17. The number of carbonyl (C=O) groups excluding carboxylic acids is 1. The van der Waals surface area contributed by atoms with Gasteiger partial charge in [-0.15, -0.1) is 0 Å². The van der Waals surface area contributed by atoms with Crippen LogP contribution < -0.4 is 21.2 Å². The maximum Gasteiger partial charge on any atom is 0.290 e. The summed E-state index contributed by atoms with van der Waals surface area (Å²) in [5.74, 6) is 0.793. The molecule has 0 aliphatic rings. The summed E-state index contributed by atoms with van der Waals surface area (Å²) < 4.78 is 5.52. The van der Waals surface area contributed by atoms with Gasteiger partial charge in [-0.25, -0.2) is 4.98 Å². The molecule has 4 rings (SSSR count). The van der Waals surface area contributed by atoms with Crippen LogP contribution in [0.1, 0.15) is 33.3 Å². The molecule has 0 spiro atoms. The first-order valence-electron chi connectivity index (χ1n) is 9.76. The number of aromatic amines is 1. The van der Waals surface area contributed by atoms with Crippen molar-refractivity contribution in [1.82, 2.24) is 0 Å². The van der Waals surface area contributed by atoms with Crippen molar-refractivity contribution in [2.75, 3.05) is 18.1 Å². The fourth-order valence-electron chi connectivity index (χ4n) is 3.52. The zero-order chi connectivity index (χ0) is 22.1. The van der Waals surface area contributed by atoms with Gasteiger partial charge in [0, 0.05) is 11.1 Å². The molecule has 154 valence electrons. The average Bonchev–Trinajstić information content (AvgIpc) is 3.09. The monoisotopic (exact) mass is 429 g/mol. The number of ether oxygens (including phenoxy) is 1. The number of carbonyl (C=O) groups is 1. The lowest BCUT2D eigenvalue weighted by Gasteiger charge is -2.09. The molecule has 0 unspecified atom stereocenters. The second-order valence-electron chi connectivity index (χ2n) is 7.10. The molecule has 0 saturated carbocycles. The van der Waals surface area contributed by atoms with Crippen molar-refractivity contribution in [2.45, 2.75) is 13.8 Å². The van der Waals surface area contributed by atoms with Gasteiger partial charge in [0.05, 0.1) is 17.7 Å². The summed E-state index contributed by atoms with van der Waals surface area (Å²) in [5, 5.41) is 10.4. The Labute approximate surface area is 183 Å². The lowest BCUT2D eigenvalue weighted by Crippen LogP contribution is -2.13. The summed E-state index contributed by atoms with van der Waals surface area (Å²) in [7, 11) is 0. The molecule has 0 atom stereocenters. The van der Waals surface area contributed by atoms with Crippen molar-refractivity contribution >= 4 is 38.8 Å². The van der Waals surface area contributed by atoms with Crippen molar-refractivity contribution in [1.29, 1.82) is 5.26 Å². The summed E-state index contributed by atoms with van der Waals surface area (Å²) in [6, 6.07) is 16.9. The number of H-pyrrole nitrogens is 1. The van der Waals surface area contributed by atoms with E-state index in [4.69, 9.17) is 16.2 Å². The molecule has 6 nitrogen and oxygen atoms in total. The molecule has 0 aliphatic carbocycles. The van der Waals surface area contributed by atoms with Crippen LogP contribution in [0, 0.1) is 18.3 Å². The van der Waals surface area contributed by atoms with Crippen LogP contribution in [-0.2, 0) is 0 Å². The first-order chi connectivity index (χ1) is 14.9. The van der Waals surface area contributed by atoms with Gasteiger partial charge in [-0.05, 0) is 31.5 Å². The van der Waals surface area contributed by atoms with E-state index in [0.29, 0.717) is 38.5 Å². The Morgan fingerprint density at radius 2 is 1.81 bits per heavy atom. The predicted molar refractivity (Wildman–Crippen MR) is 123 cm³/mol. The summed E-state index contributed by atoms with van der Waals surface area (Å²) in [5.41, 5.74) is 16.3. The minimum atomic E-state index is -0.165. The Hall–Kier alpha value is -3.89. The highest BCUT2D eigenvalue weighted by Gasteiger charge is 2.27. The van der Waals surface area contributed by atoms with E-state index in [9.17, 15) is 10.1 Å². The summed E-state index contributed by atoms with van der Waals surface area (Å²) >= 11 is 1.24. The highest BCUT2D eigenvalue weighted by atomic mass is 32.1. The minimum absolute atomic E-state index is 0.165. The van der Waals surface area contributed by atoms with Gasteiger partial charge in [-0.2, -0.15) is 5.26 Å². The van der Waals surface area contributed by atoms with E-state index in [1.165, 1.54) is 11.3 Å². The number of nitrogens with one attached hydrogen (secondary N) is 1. The van der Waals surface area contributed by atoms with Crippen LogP contribution in [0.2, 0.25) is 0 Å². The standard InChI is InChI=1S/C24H20N4O2S/c1-3-30-16-10-8-14(9-11-16)18-17(12-25)23(27)28-24-19(18)20(26)22(31-24)21(29)15-6-4-13(2)5-7-15/h4-11H,3,26H2,1-2H3,(H2,27,28)/p+1. The van der Waals surface area contributed by atoms with Crippen molar-refractivity contribution in [3.05, 3.63) is 70.1 Å². The lowest BCUT2D eigenvalue weighted by atomic mass is 9.96. The van der Waals surface area contributed by atoms with Crippen LogP contribution in [0.15, 0.2) is 48.5 Å². The van der Waals surface area contributed by atoms with E-state index >= 15 is 0 Å². The van der Waals surface area contributed by atoms with Gasteiger partial charge in [-0.1, -0.05) is 53.3 Å². The number of aromatic nitrogens is 1. The molecule has 31 heavy (non-hydrogen) atoms. The van der Waals surface area contributed by atoms with Crippen LogP contribution in [-0.4, -0.2) is 12.4 Å². The molecule has 7 heteroatoms. The molecule has 2 aromatic carbocycles. The van der Waals surface area contributed by atoms with Crippen molar-refractivity contribution in [3.8, 4) is 22.9 Å². The Balaban J connectivity index is 1.94. The summed E-state index contributed by atoms with van der Waals surface area (Å²) in [4.78, 5) is 17.3. The number of anilines is 2. The van der Waals surface area contributed by atoms with E-state index in [0.717, 1.165) is 16.9 Å². The number of fused-ring (bicyclic) bond motifs is 1. The SMILES string of the molecule is CCOc1ccc(-c2c(C#N)c(N)[nH+]c3sc(C(=O)c4ccc(C)cc4)c(N)c23)cc1. The van der Waals surface area contributed by atoms with E-state index in [2.05, 4.69) is 11.1 Å². The second kappa shape index (κ2) is 8.09. The van der Waals surface area contributed by atoms with Crippen LogP contribution >= 0.6 is 11.3 Å². The molecule has 0 radical (unpaired) electrons. The topological polar surface area (TPSA) is 116 Å². The fourth-order valence-corrected chi connectivity index (χ4v) is 4.62. The number of rotatable bonds is 5. The number of ketones is 1. The van der Waals surface area contributed by atoms with Gasteiger partial charge in [-0.3, -0.25) is 10.5 Å².